The van der Waals surface area contributed by atoms with Crippen LogP contribution in [0.2, 0.25) is 5.82 Å². The van der Waals surface area contributed by atoms with Gasteiger partial charge in [0.25, 0.3) is 0 Å². The summed E-state index contributed by atoms with van der Waals surface area (Å²) in [5.41, 5.74) is 7.27. The molecule has 5 rings (SSSR count). The number of aromatic nitrogens is 4. The van der Waals surface area contributed by atoms with Gasteiger partial charge in [-0.25, -0.2) is 9.67 Å². The first-order valence-corrected chi connectivity index (χ1v) is 13.3. The molecule has 0 saturated heterocycles. The zero-order valence-electron chi connectivity index (χ0n) is 22.1. The van der Waals surface area contributed by atoms with Gasteiger partial charge in [-0.2, -0.15) is 10.1 Å². The number of allylic oxidation sites excluding steroid dienone is 8. The van der Waals surface area contributed by atoms with Crippen LogP contribution in [-0.4, -0.2) is 33.6 Å². The number of rotatable bonds is 9. The van der Waals surface area contributed by atoms with Gasteiger partial charge < -0.3 is 16.0 Å². The second-order valence-electron chi connectivity index (χ2n) is 10.2. The third kappa shape index (κ3) is 5.96. The Bertz CT molecular complexity index is 1330. The molecule has 0 amide bonds. The molecule has 0 bridgehead atoms. The summed E-state index contributed by atoms with van der Waals surface area (Å²) in [7, 11) is 2.25. The van der Waals surface area contributed by atoms with Gasteiger partial charge in [-0.15, -0.1) is 0 Å². The maximum atomic E-state index is 4.77. The van der Waals surface area contributed by atoms with Gasteiger partial charge in [0.1, 0.15) is 7.85 Å². The second kappa shape index (κ2) is 11.1. The molecule has 8 heteroatoms. The van der Waals surface area contributed by atoms with Crippen LogP contribution in [-0.2, 0) is 0 Å². The largest absolute Gasteiger partial charge is 0.366 e. The average Bonchev–Trinajstić information content (AvgIpc) is 3.50. The summed E-state index contributed by atoms with van der Waals surface area (Å²) in [6.07, 6.45) is 25.5. The first kappa shape index (κ1) is 24.9. The van der Waals surface area contributed by atoms with Crippen LogP contribution in [0.15, 0.2) is 89.9 Å². The predicted octanol–water partition coefficient (Wildman–Crippen LogP) is 5.27. The van der Waals surface area contributed by atoms with Gasteiger partial charge in [0.05, 0.1) is 23.9 Å². The van der Waals surface area contributed by atoms with Crippen LogP contribution in [0.4, 0.5) is 11.6 Å². The number of anilines is 2. The lowest BCUT2D eigenvalue weighted by Crippen LogP contribution is -2.32. The Morgan fingerprint density at radius 3 is 3.00 bits per heavy atom. The van der Waals surface area contributed by atoms with Crippen molar-refractivity contribution in [2.45, 2.75) is 64.2 Å². The van der Waals surface area contributed by atoms with Crippen molar-refractivity contribution in [3.05, 3.63) is 95.4 Å². The summed E-state index contributed by atoms with van der Waals surface area (Å²) in [6, 6.07) is 0.254. The highest BCUT2D eigenvalue weighted by molar-refractivity contribution is 6.13. The highest BCUT2D eigenvalue weighted by Crippen LogP contribution is 2.32. The lowest BCUT2D eigenvalue weighted by Gasteiger charge is -2.26. The van der Waals surface area contributed by atoms with Crippen molar-refractivity contribution < 1.29 is 0 Å². The second-order valence-corrected chi connectivity index (χ2v) is 10.2. The van der Waals surface area contributed by atoms with Gasteiger partial charge in [-0.1, -0.05) is 49.5 Å². The molecule has 3 aliphatic rings. The molecule has 0 radical (unpaired) electrons. The average molecular weight is 493 g/mol. The van der Waals surface area contributed by atoms with E-state index in [9.17, 15) is 0 Å². The van der Waals surface area contributed by atoms with Gasteiger partial charge in [0.15, 0.2) is 5.82 Å². The van der Waals surface area contributed by atoms with Gasteiger partial charge in [-0.3, -0.25) is 0 Å². The summed E-state index contributed by atoms with van der Waals surface area (Å²) in [5, 5.41) is 14.8. The summed E-state index contributed by atoms with van der Waals surface area (Å²) in [5.74, 6) is 2.62. The Balaban J connectivity index is 1.24. The van der Waals surface area contributed by atoms with Crippen LogP contribution >= 0.6 is 0 Å². The molecule has 37 heavy (non-hydrogen) atoms. The number of nitrogens with zero attached hydrogens (tertiary/aromatic N) is 4. The van der Waals surface area contributed by atoms with Gasteiger partial charge >= 0.3 is 0 Å². The van der Waals surface area contributed by atoms with Crippen LogP contribution in [0, 0.1) is 6.92 Å². The van der Waals surface area contributed by atoms with E-state index in [4.69, 9.17) is 4.98 Å². The molecule has 7 nitrogen and oxygen atoms in total. The first-order chi connectivity index (χ1) is 18.0. The zero-order chi connectivity index (χ0) is 25.8. The number of nitrogens with one attached hydrogen (secondary N) is 3. The van der Waals surface area contributed by atoms with E-state index in [2.05, 4.69) is 83.8 Å². The first-order valence-electron chi connectivity index (χ1n) is 13.3. The monoisotopic (exact) mass is 493 g/mol. The minimum absolute atomic E-state index is 0.254. The predicted molar refractivity (Wildman–Crippen MR) is 154 cm³/mol. The Hall–Kier alpha value is -3.81. The normalized spacial score (nSPS) is 19.6. The topological polar surface area (TPSA) is 79.7 Å². The standard InChI is InChI=1S/C29H36BN7/c1-4-27(23-9-6-10-24(30)15-23)34-20(3)33-26-17-32-37(18-26)28-19(2)16-31-29(36-28)35-25-13-11-21-7-5-8-22(21)12-14-25/h6,9-11,13-14,16-18,24,27,33-34H,3-5,7-8,12,15,30H2,1-2H3,(H,31,35,36). The molecular formula is C29H36BN7. The summed E-state index contributed by atoms with van der Waals surface area (Å²) in [4.78, 5) is 9.28. The maximum Gasteiger partial charge on any atom is 0.229 e. The van der Waals surface area contributed by atoms with Crippen molar-refractivity contribution in [3.63, 3.8) is 0 Å². The van der Waals surface area contributed by atoms with E-state index >= 15 is 0 Å². The zero-order valence-corrected chi connectivity index (χ0v) is 22.1. The Morgan fingerprint density at radius 2 is 2.16 bits per heavy atom. The van der Waals surface area contributed by atoms with E-state index < -0.39 is 0 Å². The summed E-state index contributed by atoms with van der Waals surface area (Å²) < 4.78 is 1.78. The van der Waals surface area contributed by atoms with Gasteiger partial charge in [-0.05, 0) is 68.5 Å². The molecule has 190 valence electrons. The minimum atomic E-state index is 0.254. The molecule has 2 heterocycles. The van der Waals surface area contributed by atoms with Crippen molar-refractivity contribution in [2.75, 3.05) is 10.6 Å². The molecule has 0 fully saturated rings. The van der Waals surface area contributed by atoms with Crippen molar-refractivity contribution in [2.24, 2.45) is 0 Å². The van der Waals surface area contributed by atoms with E-state index in [1.807, 2.05) is 19.3 Å². The third-order valence-corrected chi connectivity index (χ3v) is 7.22. The lowest BCUT2D eigenvalue weighted by molar-refractivity contribution is 0.598. The molecule has 2 aromatic heterocycles. The molecule has 2 atom stereocenters. The number of aryl methyl sites for hydroxylation is 1. The summed E-state index contributed by atoms with van der Waals surface area (Å²) in [6.45, 7) is 8.39. The molecular weight excluding hydrogens is 457 g/mol. The van der Waals surface area contributed by atoms with Crippen LogP contribution in [0.3, 0.4) is 0 Å². The SMILES string of the molecule is BC1C=CC=C(C(CC)NC(=C)Nc2cnn(-c3nc(NC4=CCC5=C(C=C4)CCC5)ncc3C)c2)C1. The Labute approximate surface area is 220 Å². The third-order valence-electron chi connectivity index (χ3n) is 7.22. The highest BCUT2D eigenvalue weighted by Gasteiger charge is 2.17. The molecule has 0 saturated carbocycles. The molecule has 0 aromatic carbocycles. The van der Waals surface area contributed by atoms with Gasteiger partial charge in [0, 0.05) is 23.5 Å². The molecule has 0 aliphatic heterocycles. The van der Waals surface area contributed by atoms with E-state index in [1.54, 1.807) is 16.5 Å². The summed E-state index contributed by atoms with van der Waals surface area (Å²) >= 11 is 0. The lowest BCUT2D eigenvalue weighted by atomic mass is 9.77. The molecule has 3 N–H and O–H groups in total. The van der Waals surface area contributed by atoms with E-state index in [1.165, 1.54) is 30.4 Å². The highest BCUT2D eigenvalue weighted by atomic mass is 15.3. The van der Waals surface area contributed by atoms with Crippen LogP contribution in [0.25, 0.3) is 5.82 Å². The number of hydrogen-bond acceptors (Lipinski definition) is 6. The Kier molecular flexibility index (Phi) is 7.44. The van der Waals surface area contributed by atoms with E-state index in [0.29, 0.717) is 11.8 Å². The van der Waals surface area contributed by atoms with Crippen LogP contribution in [0.5, 0.6) is 0 Å². The van der Waals surface area contributed by atoms with Crippen molar-refractivity contribution in [1.82, 2.24) is 25.1 Å². The van der Waals surface area contributed by atoms with Crippen molar-refractivity contribution >= 4 is 19.5 Å². The van der Waals surface area contributed by atoms with E-state index in [0.717, 1.165) is 47.8 Å². The smallest absolute Gasteiger partial charge is 0.229 e. The van der Waals surface area contributed by atoms with Crippen molar-refractivity contribution in [3.8, 4) is 5.82 Å². The molecule has 2 unspecified atom stereocenters. The fourth-order valence-electron chi connectivity index (χ4n) is 5.22. The number of hydrogen-bond donors (Lipinski definition) is 3. The van der Waals surface area contributed by atoms with Crippen LogP contribution < -0.4 is 16.0 Å². The van der Waals surface area contributed by atoms with E-state index in [-0.39, 0.29) is 6.04 Å². The quantitative estimate of drug-likeness (QED) is 0.414. The van der Waals surface area contributed by atoms with Crippen LogP contribution in [0.1, 0.15) is 51.0 Å². The van der Waals surface area contributed by atoms with Gasteiger partial charge in [0.2, 0.25) is 5.95 Å². The Morgan fingerprint density at radius 1 is 1.27 bits per heavy atom. The van der Waals surface area contributed by atoms with Crippen molar-refractivity contribution in [1.29, 1.82) is 0 Å². The fourth-order valence-corrected chi connectivity index (χ4v) is 5.22. The molecule has 2 aromatic rings. The maximum absolute atomic E-state index is 4.77. The minimum Gasteiger partial charge on any atom is -0.366 e. The molecule has 0 spiro atoms. The fraction of sp³-hybridized carbons (Fsp3) is 0.345. The molecule has 3 aliphatic carbocycles.